The predicted octanol–water partition coefficient (Wildman–Crippen LogP) is 2.49. The molecule has 1 nitrogen and oxygen atoms in total. The third kappa shape index (κ3) is 1.53. The van der Waals surface area contributed by atoms with Crippen molar-refractivity contribution in [1.82, 2.24) is 0 Å². The second-order valence-electron chi connectivity index (χ2n) is 2.36. The molecular formula is C8H11O+. The molecule has 1 rings (SSSR count). The first kappa shape index (κ1) is 6.27. The Hall–Kier alpha value is -0.850. The summed E-state index contributed by atoms with van der Waals surface area (Å²) in [6.45, 7) is 5.98. The number of rotatable bonds is 0. The van der Waals surface area contributed by atoms with Crippen molar-refractivity contribution < 1.29 is 4.42 Å². The topological polar surface area (TPSA) is 11.3 Å². The smallest absolute Gasteiger partial charge is 0.218 e. The quantitative estimate of drug-likeness (QED) is 0.384. The van der Waals surface area contributed by atoms with Crippen molar-refractivity contribution in [1.29, 1.82) is 0 Å². The third-order valence-electron chi connectivity index (χ3n) is 1.18. The van der Waals surface area contributed by atoms with Gasteiger partial charge in [-0.15, -0.1) is 0 Å². The Morgan fingerprint density at radius 3 is 1.78 bits per heavy atom. The molecule has 0 radical (unpaired) electrons. The Labute approximate surface area is 55.3 Å². The van der Waals surface area contributed by atoms with Crippen LogP contribution in [0.15, 0.2) is 16.5 Å². The highest BCUT2D eigenvalue weighted by molar-refractivity contribution is 5.14. The highest BCUT2D eigenvalue weighted by Gasteiger charge is 2.03. The fourth-order valence-corrected chi connectivity index (χ4v) is 0.996. The molecule has 0 fully saturated rings. The lowest BCUT2D eigenvalue weighted by Gasteiger charge is -1.84. The molecule has 0 N–H and O–H groups in total. The van der Waals surface area contributed by atoms with Crippen LogP contribution in [-0.4, -0.2) is 0 Å². The van der Waals surface area contributed by atoms with Crippen LogP contribution in [0, 0.1) is 20.8 Å². The first-order valence-corrected chi connectivity index (χ1v) is 3.06. The van der Waals surface area contributed by atoms with Gasteiger partial charge in [-0.1, -0.05) is 0 Å². The van der Waals surface area contributed by atoms with Gasteiger partial charge in [-0.05, 0) is 12.5 Å². The molecule has 0 saturated carbocycles. The molecule has 1 aromatic heterocycles. The van der Waals surface area contributed by atoms with E-state index in [0.717, 1.165) is 11.5 Å². The highest BCUT2D eigenvalue weighted by atomic mass is 16.3. The fraction of sp³-hybridized carbons (Fsp3) is 0.375. The van der Waals surface area contributed by atoms with Crippen LogP contribution >= 0.6 is 0 Å². The standard InChI is InChI=1S/C8H11O/c1-6-4-7(2)9-8(3)5-6/h4-5H,1-3H3/q+1/i1+1,4+1,6+1. The molecule has 0 unspecified atom stereocenters. The monoisotopic (exact) mass is 126 g/mol. The van der Waals surface area contributed by atoms with E-state index in [1.807, 2.05) is 26.0 Å². The summed E-state index contributed by atoms with van der Waals surface area (Å²) in [7, 11) is 0. The minimum absolute atomic E-state index is 0.979. The molecular weight excluding hydrogens is 115 g/mol. The lowest BCUT2D eigenvalue weighted by Crippen LogP contribution is -1.78. The molecule has 0 atom stereocenters. The van der Waals surface area contributed by atoms with Gasteiger partial charge in [0.2, 0.25) is 0 Å². The minimum Gasteiger partial charge on any atom is -0.218 e. The molecule has 0 aliphatic heterocycles. The van der Waals surface area contributed by atoms with Gasteiger partial charge in [0.1, 0.15) is 0 Å². The van der Waals surface area contributed by atoms with Crippen molar-refractivity contribution in [3.63, 3.8) is 0 Å². The van der Waals surface area contributed by atoms with E-state index < -0.39 is 0 Å². The van der Waals surface area contributed by atoms with Crippen LogP contribution in [0.4, 0.5) is 0 Å². The zero-order valence-corrected chi connectivity index (χ0v) is 6.06. The first-order chi connectivity index (χ1) is 4.18. The van der Waals surface area contributed by atoms with Gasteiger partial charge in [0.25, 0.3) is 0 Å². The van der Waals surface area contributed by atoms with E-state index in [1.54, 1.807) is 0 Å². The summed E-state index contributed by atoms with van der Waals surface area (Å²) in [4.78, 5) is 0. The van der Waals surface area contributed by atoms with Crippen LogP contribution in [0.2, 0.25) is 0 Å². The maximum absolute atomic E-state index is 5.26. The van der Waals surface area contributed by atoms with Crippen molar-refractivity contribution in [2.45, 2.75) is 20.8 Å². The summed E-state index contributed by atoms with van der Waals surface area (Å²) >= 11 is 0. The van der Waals surface area contributed by atoms with Gasteiger partial charge in [0.05, 0.1) is 13.8 Å². The summed E-state index contributed by atoms with van der Waals surface area (Å²) in [6, 6.07) is 4.04. The van der Waals surface area contributed by atoms with Crippen molar-refractivity contribution in [2.75, 3.05) is 0 Å². The molecule has 9 heavy (non-hydrogen) atoms. The van der Waals surface area contributed by atoms with Gasteiger partial charge in [-0.3, -0.25) is 0 Å². The number of hydrogen-bond acceptors (Lipinski definition) is 0. The molecule has 0 saturated heterocycles. The highest BCUT2D eigenvalue weighted by Crippen LogP contribution is 2.06. The van der Waals surface area contributed by atoms with Crippen molar-refractivity contribution >= 4 is 0 Å². The molecule has 1 heteroatoms. The zero-order chi connectivity index (χ0) is 6.85. The summed E-state index contributed by atoms with van der Waals surface area (Å²) in [5, 5.41) is 0. The van der Waals surface area contributed by atoms with Gasteiger partial charge in [0.15, 0.2) is 0 Å². The van der Waals surface area contributed by atoms with Gasteiger partial charge in [0, 0.05) is 12.1 Å². The zero-order valence-electron chi connectivity index (χ0n) is 6.06. The van der Waals surface area contributed by atoms with E-state index in [-0.39, 0.29) is 0 Å². The minimum atomic E-state index is 0.979. The summed E-state index contributed by atoms with van der Waals surface area (Å²) < 4.78 is 5.26. The van der Waals surface area contributed by atoms with E-state index in [2.05, 4.69) is 6.92 Å². The van der Waals surface area contributed by atoms with Crippen LogP contribution in [-0.2, 0) is 0 Å². The maximum atomic E-state index is 5.26. The molecule has 0 aliphatic rings. The average Bonchev–Trinajstić information content (AvgIpc) is 1.59. The SMILES string of the molecule is Cc1c[13c]([13CH3])[13cH]c(C)[o+]1. The molecule has 1 aromatic rings. The van der Waals surface area contributed by atoms with E-state index in [4.69, 9.17) is 4.42 Å². The lowest BCUT2D eigenvalue weighted by molar-refractivity contribution is 0.484. The third-order valence-corrected chi connectivity index (χ3v) is 1.18. The van der Waals surface area contributed by atoms with Crippen LogP contribution in [0.1, 0.15) is 17.1 Å². The van der Waals surface area contributed by atoms with Crippen LogP contribution in [0.3, 0.4) is 0 Å². The normalized spacial score (nSPS) is 9.67. The van der Waals surface area contributed by atoms with Gasteiger partial charge < -0.3 is 0 Å². The van der Waals surface area contributed by atoms with Crippen LogP contribution in [0.25, 0.3) is 0 Å². The van der Waals surface area contributed by atoms with Crippen molar-refractivity contribution in [3.8, 4) is 0 Å². The van der Waals surface area contributed by atoms with Gasteiger partial charge >= 0.3 is 11.5 Å². The Morgan fingerprint density at radius 1 is 1.00 bits per heavy atom. The summed E-state index contributed by atoms with van der Waals surface area (Å²) in [5.74, 6) is 1.96. The largest absolute Gasteiger partial charge is 0.326 e. The average molecular weight is 126 g/mol. The summed E-state index contributed by atoms with van der Waals surface area (Å²) in [6.07, 6.45) is 0. The molecule has 48 valence electrons. The van der Waals surface area contributed by atoms with Gasteiger partial charge in [-0.25, -0.2) is 4.42 Å². The lowest BCUT2D eigenvalue weighted by atomic mass is 10.5. The van der Waals surface area contributed by atoms with E-state index in [9.17, 15) is 0 Å². The molecule has 0 amide bonds. The Morgan fingerprint density at radius 2 is 1.44 bits per heavy atom. The molecule has 0 spiro atoms. The van der Waals surface area contributed by atoms with E-state index in [0.29, 0.717) is 0 Å². The van der Waals surface area contributed by atoms with E-state index >= 15 is 0 Å². The molecule has 0 bridgehead atoms. The number of hydrogen-bond donors (Lipinski definition) is 0. The molecule has 1 heterocycles. The Balaban J connectivity index is 3.17. The van der Waals surface area contributed by atoms with Gasteiger partial charge in [-0.2, -0.15) is 0 Å². The number of aryl methyl sites for hydroxylation is 3. The molecule has 0 aliphatic carbocycles. The second-order valence-corrected chi connectivity index (χ2v) is 2.36. The second kappa shape index (κ2) is 2.18. The first-order valence-electron chi connectivity index (χ1n) is 3.06. The molecule has 0 aromatic carbocycles. The maximum Gasteiger partial charge on any atom is 0.326 e. The van der Waals surface area contributed by atoms with Crippen molar-refractivity contribution in [2.24, 2.45) is 0 Å². The van der Waals surface area contributed by atoms with E-state index in [1.165, 1.54) is 5.56 Å². The predicted molar refractivity (Wildman–Crippen MR) is 37.3 cm³/mol. The Bertz CT molecular complexity index is 165. The van der Waals surface area contributed by atoms with Crippen LogP contribution < -0.4 is 0 Å². The van der Waals surface area contributed by atoms with Crippen molar-refractivity contribution in [3.05, 3.63) is 29.2 Å². The summed E-state index contributed by atoms with van der Waals surface area (Å²) in [5.41, 5.74) is 1.26. The fourth-order valence-electron chi connectivity index (χ4n) is 0.996. The Kier molecular flexibility index (Phi) is 1.52. The van der Waals surface area contributed by atoms with Crippen LogP contribution in [0.5, 0.6) is 0 Å².